The number of nitrogens with two attached hydrogens (primary N) is 1. The molecular formula is C12H21N3O3. The number of aliphatic imine (C=N–C) groups is 1. The molecule has 102 valence electrons. The van der Waals surface area contributed by atoms with E-state index in [9.17, 15) is 4.79 Å². The highest BCUT2D eigenvalue weighted by Crippen LogP contribution is 2.29. The van der Waals surface area contributed by atoms with Crippen molar-refractivity contribution in [1.82, 2.24) is 4.90 Å². The van der Waals surface area contributed by atoms with Crippen molar-refractivity contribution in [2.75, 3.05) is 19.7 Å². The third-order valence-corrected chi connectivity index (χ3v) is 3.04. The number of hydrogen-bond donors (Lipinski definition) is 1. The third kappa shape index (κ3) is 2.86. The first kappa shape index (κ1) is 13.0. The van der Waals surface area contributed by atoms with E-state index in [-0.39, 0.29) is 17.7 Å². The molecule has 18 heavy (non-hydrogen) atoms. The number of amides is 1. The van der Waals surface area contributed by atoms with Crippen LogP contribution in [0.1, 0.15) is 33.6 Å². The Bertz CT molecular complexity index is 375. The topological polar surface area (TPSA) is 77.1 Å². The smallest absolute Gasteiger partial charge is 0.410 e. The Hall–Kier alpha value is -1.46. The average Bonchev–Trinajstić information content (AvgIpc) is 2.57. The van der Waals surface area contributed by atoms with Crippen LogP contribution in [-0.4, -0.2) is 47.9 Å². The van der Waals surface area contributed by atoms with Crippen molar-refractivity contribution in [3.8, 4) is 0 Å². The summed E-state index contributed by atoms with van der Waals surface area (Å²) in [4.78, 5) is 18.0. The quantitative estimate of drug-likeness (QED) is 0.703. The second-order valence-electron chi connectivity index (χ2n) is 5.97. The van der Waals surface area contributed by atoms with Crippen molar-refractivity contribution in [3.05, 3.63) is 0 Å². The Kier molecular flexibility index (Phi) is 3.12. The monoisotopic (exact) mass is 255 g/mol. The number of ether oxygens (including phenoxy) is 2. The van der Waals surface area contributed by atoms with Crippen LogP contribution in [0.5, 0.6) is 0 Å². The van der Waals surface area contributed by atoms with Crippen molar-refractivity contribution in [1.29, 1.82) is 0 Å². The van der Waals surface area contributed by atoms with E-state index >= 15 is 0 Å². The molecule has 2 aliphatic heterocycles. The van der Waals surface area contributed by atoms with Gasteiger partial charge in [0.25, 0.3) is 6.02 Å². The van der Waals surface area contributed by atoms with E-state index in [4.69, 9.17) is 15.2 Å². The zero-order chi connectivity index (χ0) is 13.4. The SMILES string of the molecule is CC(C)(C)OC(=O)N1CCCC2(COC(N)=N2)C1. The maximum atomic E-state index is 12.0. The maximum absolute atomic E-state index is 12.0. The zero-order valence-electron chi connectivity index (χ0n) is 11.2. The Morgan fingerprint density at radius 2 is 2.28 bits per heavy atom. The molecule has 2 aliphatic rings. The molecule has 1 unspecified atom stereocenters. The van der Waals surface area contributed by atoms with Gasteiger partial charge in [0.1, 0.15) is 17.7 Å². The fourth-order valence-electron chi connectivity index (χ4n) is 2.31. The average molecular weight is 255 g/mol. The zero-order valence-corrected chi connectivity index (χ0v) is 11.2. The minimum absolute atomic E-state index is 0.223. The molecule has 0 saturated carbocycles. The molecule has 2 rings (SSSR count). The van der Waals surface area contributed by atoms with Gasteiger partial charge in [-0.2, -0.15) is 0 Å². The summed E-state index contributed by atoms with van der Waals surface area (Å²) in [7, 11) is 0. The predicted molar refractivity (Wildman–Crippen MR) is 67.3 cm³/mol. The number of likely N-dealkylation sites (tertiary alicyclic amines) is 1. The van der Waals surface area contributed by atoms with E-state index in [2.05, 4.69) is 4.99 Å². The minimum atomic E-state index is -0.476. The van der Waals surface area contributed by atoms with E-state index in [1.165, 1.54) is 0 Å². The standard InChI is InChI=1S/C12H21N3O3/c1-11(2,3)18-10(16)15-6-4-5-12(7-15)8-17-9(13)14-12/h4-8H2,1-3H3,(H2,13,14). The molecule has 1 saturated heterocycles. The van der Waals surface area contributed by atoms with Gasteiger partial charge < -0.3 is 20.1 Å². The summed E-state index contributed by atoms with van der Waals surface area (Å²) in [5.41, 5.74) is 4.72. The lowest BCUT2D eigenvalue weighted by Gasteiger charge is -2.37. The number of amidine groups is 1. The number of nitrogens with zero attached hydrogens (tertiary/aromatic N) is 2. The molecule has 0 radical (unpaired) electrons. The molecular weight excluding hydrogens is 234 g/mol. The fraction of sp³-hybridized carbons (Fsp3) is 0.833. The lowest BCUT2D eigenvalue weighted by molar-refractivity contribution is 0.0125. The van der Waals surface area contributed by atoms with Gasteiger partial charge in [-0.1, -0.05) is 0 Å². The van der Waals surface area contributed by atoms with Crippen molar-refractivity contribution >= 4 is 12.1 Å². The number of hydrogen-bond acceptors (Lipinski definition) is 5. The van der Waals surface area contributed by atoms with Crippen LogP contribution in [0.3, 0.4) is 0 Å². The molecule has 1 atom stereocenters. The molecule has 1 fully saturated rings. The van der Waals surface area contributed by atoms with Crippen molar-refractivity contribution in [2.24, 2.45) is 10.7 Å². The second-order valence-corrected chi connectivity index (χ2v) is 5.97. The van der Waals surface area contributed by atoms with Crippen LogP contribution in [0, 0.1) is 0 Å². The summed E-state index contributed by atoms with van der Waals surface area (Å²) >= 11 is 0. The van der Waals surface area contributed by atoms with E-state index in [0.29, 0.717) is 19.7 Å². The van der Waals surface area contributed by atoms with Crippen molar-refractivity contribution in [3.63, 3.8) is 0 Å². The summed E-state index contributed by atoms with van der Waals surface area (Å²) in [6, 6.07) is 0.223. The lowest BCUT2D eigenvalue weighted by Crippen LogP contribution is -2.51. The van der Waals surface area contributed by atoms with E-state index in [1.54, 1.807) is 4.90 Å². The molecule has 0 bridgehead atoms. The van der Waals surface area contributed by atoms with Gasteiger partial charge in [-0.3, -0.25) is 0 Å². The van der Waals surface area contributed by atoms with Crippen LogP contribution < -0.4 is 5.73 Å². The minimum Gasteiger partial charge on any atom is -0.463 e. The summed E-state index contributed by atoms with van der Waals surface area (Å²) in [6.45, 7) is 7.26. The molecule has 0 aromatic rings. The molecule has 1 spiro atoms. The molecule has 6 heteroatoms. The molecule has 0 aliphatic carbocycles. The normalized spacial score (nSPS) is 27.9. The Morgan fingerprint density at radius 3 is 2.83 bits per heavy atom. The number of carbonyl (C=O) groups is 1. The van der Waals surface area contributed by atoms with E-state index < -0.39 is 5.60 Å². The first-order valence-corrected chi connectivity index (χ1v) is 6.26. The van der Waals surface area contributed by atoms with Crippen molar-refractivity contribution < 1.29 is 14.3 Å². The summed E-state index contributed by atoms with van der Waals surface area (Å²) in [5, 5.41) is 0. The van der Waals surface area contributed by atoms with Crippen LogP contribution in [0.15, 0.2) is 4.99 Å². The molecule has 2 N–H and O–H groups in total. The predicted octanol–water partition coefficient (Wildman–Crippen LogP) is 1.10. The number of carbonyl (C=O) groups excluding carboxylic acids is 1. The maximum Gasteiger partial charge on any atom is 0.410 e. The van der Waals surface area contributed by atoms with Gasteiger partial charge in [0.05, 0.1) is 6.54 Å². The summed E-state index contributed by atoms with van der Waals surface area (Å²) < 4.78 is 10.6. The van der Waals surface area contributed by atoms with E-state index in [0.717, 1.165) is 12.8 Å². The number of piperidine rings is 1. The molecule has 1 amide bonds. The highest BCUT2D eigenvalue weighted by molar-refractivity contribution is 5.74. The Labute approximate surface area is 107 Å². The fourth-order valence-corrected chi connectivity index (χ4v) is 2.31. The Balaban J connectivity index is 2.01. The van der Waals surface area contributed by atoms with Gasteiger partial charge in [0.15, 0.2) is 0 Å². The summed E-state index contributed by atoms with van der Waals surface area (Å²) in [6.07, 6.45) is 1.49. The van der Waals surface area contributed by atoms with Crippen molar-refractivity contribution in [2.45, 2.75) is 44.8 Å². The molecule has 2 heterocycles. The first-order chi connectivity index (χ1) is 8.30. The van der Waals surface area contributed by atoms with E-state index in [1.807, 2.05) is 20.8 Å². The molecule has 6 nitrogen and oxygen atoms in total. The number of rotatable bonds is 0. The highest BCUT2D eigenvalue weighted by atomic mass is 16.6. The van der Waals surface area contributed by atoms with Gasteiger partial charge in [0.2, 0.25) is 0 Å². The first-order valence-electron chi connectivity index (χ1n) is 6.26. The van der Waals surface area contributed by atoms with Crippen LogP contribution in [-0.2, 0) is 9.47 Å². The van der Waals surface area contributed by atoms with Gasteiger partial charge in [-0.15, -0.1) is 0 Å². The second kappa shape index (κ2) is 4.33. The van der Waals surface area contributed by atoms with Gasteiger partial charge in [0, 0.05) is 6.54 Å². The van der Waals surface area contributed by atoms with Crippen LogP contribution in [0.2, 0.25) is 0 Å². The molecule has 0 aromatic carbocycles. The summed E-state index contributed by atoms with van der Waals surface area (Å²) in [5.74, 6) is 0. The largest absolute Gasteiger partial charge is 0.463 e. The van der Waals surface area contributed by atoms with Crippen LogP contribution in [0.4, 0.5) is 4.79 Å². The Morgan fingerprint density at radius 1 is 1.56 bits per heavy atom. The van der Waals surface area contributed by atoms with Crippen LogP contribution >= 0.6 is 0 Å². The lowest BCUT2D eigenvalue weighted by atomic mass is 9.91. The third-order valence-electron chi connectivity index (χ3n) is 3.04. The van der Waals surface area contributed by atoms with Gasteiger partial charge >= 0.3 is 6.09 Å². The van der Waals surface area contributed by atoms with Crippen LogP contribution in [0.25, 0.3) is 0 Å². The van der Waals surface area contributed by atoms with Gasteiger partial charge in [-0.05, 0) is 33.6 Å². The highest BCUT2D eigenvalue weighted by Gasteiger charge is 2.42. The van der Waals surface area contributed by atoms with Gasteiger partial charge in [-0.25, -0.2) is 9.79 Å². The molecule has 0 aromatic heterocycles.